The molecule has 3 rings (SSSR count). The first-order valence-corrected chi connectivity index (χ1v) is 7.90. The average Bonchev–Trinajstić information content (AvgIpc) is 2.96. The highest BCUT2D eigenvalue weighted by Gasteiger charge is 2.32. The number of piperazine rings is 1. The summed E-state index contributed by atoms with van der Waals surface area (Å²) < 4.78 is 5.29. The van der Waals surface area contributed by atoms with Crippen LogP contribution >= 0.6 is 11.6 Å². The molecule has 1 aromatic carbocycles. The lowest BCUT2D eigenvalue weighted by molar-refractivity contribution is 0.0488. The maximum atomic E-state index is 12.8. The van der Waals surface area contributed by atoms with Gasteiger partial charge in [0.2, 0.25) is 5.89 Å². The lowest BCUT2D eigenvalue weighted by Gasteiger charge is -2.37. The Balaban J connectivity index is 1.83. The molecule has 1 atom stereocenters. The zero-order chi connectivity index (χ0) is 16.6. The number of halogens is 1. The number of aryl methyl sites for hydroxylation is 1. The molecule has 122 valence electrons. The molecule has 1 saturated heterocycles. The molecular weight excluding hydrogens is 316 g/mol. The molecule has 0 saturated carbocycles. The van der Waals surface area contributed by atoms with E-state index in [1.54, 1.807) is 19.1 Å². The highest BCUT2D eigenvalue weighted by atomic mass is 35.5. The number of carbonyl (C=O) groups is 1. The Morgan fingerprint density at radius 3 is 2.83 bits per heavy atom. The minimum atomic E-state index is -0.0895. The Kier molecular flexibility index (Phi) is 4.37. The number of aromatic nitrogens is 2. The van der Waals surface area contributed by atoms with Crippen molar-refractivity contribution in [2.75, 3.05) is 26.7 Å². The van der Waals surface area contributed by atoms with Gasteiger partial charge in [0.1, 0.15) is 6.04 Å². The van der Waals surface area contributed by atoms with Gasteiger partial charge in [0.25, 0.3) is 5.91 Å². The first-order chi connectivity index (χ1) is 11.0. The number of benzene rings is 1. The summed E-state index contributed by atoms with van der Waals surface area (Å²) in [5.41, 5.74) is 1.45. The van der Waals surface area contributed by atoms with Crippen LogP contribution in [-0.2, 0) is 0 Å². The number of likely N-dealkylation sites (N-methyl/N-ethyl adjacent to an activating group) is 1. The number of carbonyl (C=O) groups excluding carboxylic acids is 1. The Labute approximate surface area is 140 Å². The van der Waals surface area contributed by atoms with Crippen molar-refractivity contribution < 1.29 is 9.32 Å². The highest BCUT2D eigenvalue weighted by molar-refractivity contribution is 6.31. The number of rotatable bonds is 2. The predicted octanol–water partition coefficient (Wildman–Crippen LogP) is 2.47. The second-order valence-electron chi connectivity index (χ2n) is 5.84. The van der Waals surface area contributed by atoms with Gasteiger partial charge in [-0.1, -0.05) is 22.8 Å². The van der Waals surface area contributed by atoms with E-state index in [-0.39, 0.29) is 11.9 Å². The molecule has 0 aliphatic carbocycles. The predicted molar refractivity (Wildman–Crippen MR) is 86.5 cm³/mol. The van der Waals surface area contributed by atoms with Crippen LogP contribution < -0.4 is 0 Å². The van der Waals surface area contributed by atoms with Crippen LogP contribution in [0.1, 0.15) is 33.7 Å². The molecular formula is C16H19ClN4O2. The summed E-state index contributed by atoms with van der Waals surface area (Å²) in [5.74, 6) is 1.13. The fourth-order valence-electron chi connectivity index (χ4n) is 2.78. The SMILES string of the molecule is Cc1noc([C@H]2CN(C(=O)c3cccc(Cl)c3C)CCN2C)n1. The Hall–Kier alpha value is -1.92. The molecule has 1 aliphatic heterocycles. The summed E-state index contributed by atoms with van der Waals surface area (Å²) in [6.07, 6.45) is 0. The van der Waals surface area contributed by atoms with Crippen molar-refractivity contribution in [3.05, 3.63) is 46.1 Å². The average molecular weight is 335 g/mol. The van der Waals surface area contributed by atoms with Gasteiger partial charge in [-0.2, -0.15) is 4.98 Å². The van der Waals surface area contributed by atoms with E-state index in [1.165, 1.54) is 0 Å². The monoisotopic (exact) mass is 334 g/mol. The van der Waals surface area contributed by atoms with Gasteiger partial charge in [-0.05, 0) is 38.6 Å². The third-order valence-corrected chi connectivity index (χ3v) is 4.67. The van der Waals surface area contributed by atoms with Crippen molar-refractivity contribution in [2.24, 2.45) is 0 Å². The molecule has 1 amide bonds. The van der Waals surface area contributed by atoms with Crippen molar-refractivity contribution in [2.45, 2.75) is 19.9 Å². The van der Waals surface area contributed by atoms with Crippen molar-refractivity contribution in [3.8, 4) is 0 Å². The van der Waals surface area contributed by atoms with E-state index in [0.29, 0.717) is 35.4 Å². The topological polar surface area (TPSA) is 62.5 Å². The van der Waals surface area contributed by atoms with Gasteiger partial charge in [0.05, 0.1) is 0 Å². The molecule has 1 fully saturated rings. The second kappa shape index (κ2) is 6.29. The lowest BCUT2D eigenvalue weighted by Crippen LogP contribution is -2.49. The van der Waals surface area contributed by atoms with Crippen molar-refractivity contribution in [1.82, 2.24) is 19.9 Å². The summed E-state index contributed by atoms with van der Waals surface area (Å²) in [6, 6.07) is 5.32. The molecule has 1 aromatic heterocycles. The van der Waals surface area contributed by atoms with Gasteiger partial charge >= 0.3 is 0 Å². The molecule has 2 heterocycles. The molecule has 0 radical (unpaired) electrons. The largest absolute Gasteiger partial charge is 0.338 e. The van der Waals surface area contributed by atoms with E-state index in [9.17, 15) is 4.79 Å². The number of hydrogen-bond donors (Lipinski definition) is 0. The Bertz CT molecular complexity index is 731. The van der Waals surface area contributed by atoms with Crippen LogP contribution in [0.4, 0.5) is 0 Å². The van der Waals surface area contributed by atoms with Gasteiger partial charge in [-0.3, -0.25) is 9.69 Å². The smallest absolute Gasteiger partial charge is 0.254 e. The Morgan fingerprint density at radius 1 is 1.35 bits per heavy atom. The third kappa shape index (κ3) is 3.09. The third-order valence-electron chi connectivity index (χ3n) is 4.26. The zero-order valence-corrected chi connectivity index (χ0v) is 14.2. The zero-order valence-electron chi connectivity index (χ0n) is 13.4. The number of hydrogen-bond acceptors (Lipinski definition) is 5. The van der Waals surface area contributed by atoms with E-state index < -0.39 is 0 Å². The van der Waals surface area contributed by atoms with Crippen LogP contribution in [0.5, 0.6) is 0 Å². The van der Waals surface area contributed by atoms with Crippen LogP contribution in [0.15, 0.2) is 22.7 Å². The van der Waals surface area contributed by atoms with Gasteiger partial charge in [-0.25, -0.2) is 0 Å². The maximum Gasteiger partial charge on any atom is 0.254 e. The van der Waals surface area contributed by atoms with E-state index in [0.717, 1.165) is 12.1 Å². The minimum Gasteiger partial charge on any atom is -0.338 e. The summed E-state index contributed by atoms with van der Waals surface area (Å²) in [6.45, 7) is 5.57. The van der Waals surface area contributed by atoms with Gasteiger partial charge in [0, 0.05) is 30.2 Å². The summed E-state index contributed by atoms with van der Waals surface area (Å²) >= 11 is 6.14. The van der Waals surface area contributed by atoms with E-state index >= 15 is 0 Å². The molecule has 1 aliphatic rings. The molecule has 23 heavy (non-hydrogen) atoms. The summed E-state index contributed by atoms with van der Waals surface area (Å²) in [4.78, 5) is 21.1. The standard InChI is InChI=1S/C16H19ClN4O2/c1-10-12(5-4-6-13(10)17)16(22)21-8-7-20(3)14(9-21)15-18-11(2)19-23-15/h4-6,14H,7-9H2,1-3H3/t14-/m1/s1. The van der Waals surface area contributed by atoms with E-state index in [1.807, 2.05) is 24.9 Å². The van der Waals surface area contributed by atoms with Crippen LogP contribution in [0.2, 0.25) is 5.02 Å². The van der Waals surface area contributed by atoms with Crippen LogP contribution in [0.3, 0.4) is 0 Å². The lowest BCUT2D eigenvalue weighted by atomic mass is 10.1. The highest BCUT2D eigenvalue weighted by Crippen LogP contribution is 2.26. The first kappa shape index (κ1) is 16.0. The molecule has 0 bridgehead atoms. The van der Waals surface area contributed by atoms with Crippen molar-refractivity contribution in [3.63, 3.8) is 0 Å². The molecule has 6 nitrogen and oxygen atoms in total. The van der Waals surface area contributed by atoms with E-state index in [2.05, 4.69) is 15.0 Å². The summed E-state index contributed by atoms with van der Waals surface area (Å²) in [7, 11) is 2.00. The molecule has 0 unspecified atom stereocenters. The molecule has 7 heteroatoms. The van der Waals surface area contributed by atoms with Gasteiger partial charge < -0.3 is 9.42 Å². The van der Waals surface area contributed by atoms with Gasteiger partial charge in [-0.15, -0.1) is 0 Å². The maximum absolute atomic E-state index is 12.8. The molecule has 0 spiro atoms. The Morgan fingerprint density at radius 2 is 2.13 bits per heavy atom. The molecule has 2 aromatic rings. The van der Waals surface area contributed by atoms with Gasteiger partial charge in [0.15, 0.2) is 5.82 Å². The number of amides is 1. The fraction of sp³-hybridized carbons (Fsp3) is 0.438. The van der Waals surface area contributed by atoms with Crippen LogP contribution in [-0.4, -0.2) is 52.5 Å². The fourth-order valence-corrected chi connectivity index (χ4v) is 2.96. The minimum absolute atomic E-state index is 0.0145. The van der Waals surface area contributed by atoms with Crippen LogP contribution in [0.25, 0.3) is 0 Å². The van der Waals surface area contributed by atoms with Crippen molar-refractivity contribution in [1.29, 1.82) is 0 Å². The normalized spacial score (nSPS) is 19.1. The quantitative estimate of drug-likeness (QED) is 0.844. The number of nitrogens with zero attached hydrogens (tertiary/aromatic N) is 4. The summed E-state index contributed by atoms with van der Waals surface area (Å²) in [5, 5.41) is 4.45. The first-order valence-electron chi connectivity index (χ1n) is 7.52. The molecule has 0 N–H and O–H groups in total. The van der Waals surface area contributed by atoms with Crippen molar-refractivity contribution >= 4 is 17.5 Å². The second-order valence-corrected chi connectivity index (χ2v) is 6.25. The van der Waals surface area contributed by atoms with Crippen LogP contribution in [0, 0.1) is 13.8 Å². The van der Waals surface area contributed by atoms with E-state index in [4.69, 9.17) is 16.1 Å².